The molecule has 0 aliphatic carbocycles. The molecule has 21 heteroatoms. The average molecular weight is 1660 g/mol. The molecule has 1 amide bonds. The maximum Gasteiger partial charge on any atom is 0.338 e. The second-order valence-corrected chi connectivity index (χ2v) is 30.3. The molecule has 20 rings (SSSR count). The zero-order chi connectivity index (χ0) is 87.8. The minimum atomic E-state index is -1.01. The van der Waals surface area contributed by atoms with E-state index in [1.807, 2.05) is 212 Å². The zero-order valence-electron chi connectivity index (χ0n) is 69.3. The van der Waals surface area contributed by atoms with Gasteiger partial charge in [0.05, 0.1) is 91.7 Å². The van der Waals surface area contributed by atoms with E-state index in [-0.39, 0.29) is 22.3 Å². The quantitative estimate of drug-likeness (QED) is 0.0556. The fourth-order valence-corrected chi connectivity index (χ4v) is 15.7. The number of nitrogens with zero attached hydrogens (tertiary/aromatic N) is 10. The molecule has 0 saturated heterocycles. The number of carboxylic acid groups (broad SMARTS) is 4. The predicted octanol–water partition coefficient (Wildman–Crippen LogP) is 22.4. The molecule has 15 aromatic carbocycles. The van der Waals surface area contributed by atoms with Crippen molar-refractivity contribution in [3.05, 3.63) is 386 Å². The summed E-state index contributed by atoms with van der Waals surface area (Å²) < 4.78 is 5.30. The van der Waals surface area contributed by atoms with Crippen LogP contribution in [-0.4, -0.2) is 104 Å². The molecule has 0 bridgehead atoms. The molecule has 0 unspecified atom stereocenters. The van der Waals surface area contributed by atoms with Gasteiger partial charge >= 0.3 is 23.9 Å². The first kappa shape index (κ1) is 82.6. The standard InChI is InChI=1S/C22H19N3O.C22H18N2O2.C21H16N2O2.C20H15N3O2.C20H14N2O2/c1-14-5-3-4-6-18(14)16-9-7-15(8-10-16)17-11-19(22(23)26)21-20(12-17)24-13-25(21)2;1-14-5-3-4-6-18(14)16-9-7-15(8-10-16)17-11-19(22(25)26)21-20(12-17)23-13-24(21)2;1-23-13-22-19-12-17(11-18(20(19)23)21(24)25)16-9-7-15(8-10-16)14-5-3-2-4-6-14;1-23-21-18-12-16(11-17(20(24)25)19(18)22-23)15-9-7-14(8-10-15)13-5-3-2-4-6-13;23-20(24)17-10-16(11-18-19(17)22-12-21-18)15-8-6-14(7-9-15)13-4-2-1-3-5-13/h3-13H,1-2H3,(H2,23,26);3-13H,1-2H3,(H,25,26);2-13H,1H3,(H,24,25);2-12H,1H3,(H,24,25);1-12H,(H,21,22)(H,23,24). The van der Waals surface area contributed by atoms with Gasteiger partial charge in [0.25, 0.3) is 5.91 Å². The molecule has 5 heterocycles. The number of fused-ring (bicyclic) bond motifs is 5. The van der Waals surface area contributed by atoms with Crippen LogP contribution >= 0.6 is 0 Å². The van der Waals surface area contributed by atoms with Gasteiger partial charge < -0.3 is 44.8 Å². The van der Waals surface area contributed by atoms with E-state index in [9.17, 15) is 44.4 Å². The topological polar surface area (TPSA) is 305 Å². The van der Waals surface area contributed by atoms with Crippen LogP contribution in [0.25, 0.3) is 166 Å². The molecule has 0 radical (unpaired) electrons. The summed E-state index contributed by atoms with van der Waals surface area (Å²) in [6.07, 6.45) is 6.49. The molecule has 0 atom stereocenters. The summed E-state index contributed by atoms with van der Waals surface area (Å²) in [7, 11) is 7.15. The van der Waals surface area contributed by atoms with Crippen LogP contribution in [-0.2, 0) is 28.2 Å². The highest BCUT2D eigenvalue weighted by molar-refractivity contribution is 6.08. The summed E-state index contributed by atoms with van der Waals surface area (Å²) in [5, 5.41) is 46.4. The molecule has 616 valence electrons. The lowest BCUT2D eigenvalue weighted by Gasteiger charge is -2.09. The molecule has 7 N–H and O–H groups in total. The van der Waals surface area contributed by atoms with Gasteiger partial charge in [-0.05, 0) is 197 Å². The third-order valence-electron chi connectivity index (χ3n) is 22.1. The van der Waals surface area contributed by atoms with Gasteiger partial charge in [0.15, 0.2) is 0 Å². The Morgan fingerprint density at radius 3 is 0.881 bits per heavy atom. The third kappa shape index (κ3) is 17.8. The van der Waals surface area contributed by atoms with Crippen LogP contribution in [0.3, 0.4) is 0 Å². The van der Waals surface area contributed by atoms with Crippen molar-refractivity contribution in [1.82, 2.24) is 53.6 Å². The van der Waals surface area contributed by atoms with Gasteiger partial charge in [-0.15, -0.1) is 0 Å². The number of hydrogen-bond acceptors (Lipinski definition) is 11. The second kappa shape index (κ2) is 36.1. The molecule has 126 heavy (non-hydrogen) atoms. The van der Waals surface area contributed by atoms with E-state index in [0.717, 1.165) is 111 Å². The largest absolute Gasteiger partial charge is 0.478 e. The number of aromatic nitrogens is 11. The highest BCUT2D eigenvalue weighted by Crippen LogP contribution is 2.37. The van der Waals surface area contributed by atoms with E-state index in [1.165, 1.54) is 38.9 Å². The molecular formula is C105H82N12O9. The van der Waals surface area contributed by atoms with Gasteiger partial charge in [-0.1, -0.05) is 261 Å². The first-order valence-corrected chi connectivity index (χ1v) is 40.3. The summed E-state index contributed by atoms with van der Waals surface area (Å²) in [6, 6.07) is 106. The normalized spacial score (nSPS) is 10.9. The summed E-state index contributed by atoms with van der Waals surface area (Å²) in [5.41, 5.74) is 36.5. The van der Waals surface area contributed by atoms with Gasteiger partial charge in [0, 0.05) is 28.2 Å². The highest BCUT2D eigenvalue weighted by atomic mass is 16.4. The summed E-state index contributed by atoms with van der Waals surface area (Å²) in [4.78, 5) is 79.8. The lowest BCUT2D eigenvalue weighted by atomic mass is 9.96. The number of carbonyl (C=O) groups is 5. The molecule has 0 aliphatic rings. The van der Waals surface area contributed by atoms with Crippen molar-refractivity contribution in [2.24, 2.45) is 33.9 Å². The van der Waals surface area contributed by atoms with Crippen molar-refractivity contribution in [3.63, 3.8) is 0 Å². The monoisotopic (exact) mass is 1650 g/mol. The Morgan fingerprint density at radius 1 is 0.278 bits per heavy atom. The average Bonchev–Trinajstić information content (AvgIpc) is 1.64. The summed E-state index contributed by atoms with van der Waals surface area (Å²) >= 11 is 0. The molecular weight excluding hydrogens is 1570 g/mol. The van der Waals surface area contributed by atoms with Crippen LogP contribution in [0.2, 0.25) is 0 Å². The van der Waals surface area contributed by atoms with Crippen molar-refractivity contribution in [3.8, 4) is 111 Å². The van der Waals surface area contributed by atoms with E-state index in [4.69, 9.17) is 5.73 Å². The smallest absolute Gasteiger partial charge is 0.338 e. The lowest BCUT2D eigenvalue weighted by molar-refractivity contribution is 0.0687. The number of hydrogen-bond donors (Lipinski definition) is 6. The Labute approximate surface area is 723 Å². The number of rotatable bonds is 15. The van der Waals surface area contributed by atoms with E-state index in [0.29, 0.717) is 44.2 Å². The van der Waals surface area contributed by atoms with Crippen molar-refractivity contribution in [2.75, 3.05) is 0 Å². The van der Waals surface area contributed by atoms with Crippen molar-refractivity contribution >= 4 is 85.0 Å². The van der Waals surface area contributed by atoms with Crippen molar-refractivity contribution in [1.29, 1.82) is 0 Å². The minimum Gasteiger partial charge on any atom is -0.478 e. The van der Waals surface area contributed by atoms with E-state index >= 15 is 0 Å². The first-order valence-electron chi connectivity index (χ1n) is 40.3. The number of amides is 1. The second-order valence-electron chi connectivity index (χ2n) is 30.3. The number of H-pyrrole nitrogens is 1. The number of primary amides is 1. The SMILES string of the molecule is Cc1ccccc1-c1ccc(-c2cc(C(=O)O)c3c(c2)ncn3C)cc1.Cc1ccccc1-c1ccc(-c2cc(C(N)=O)c3c(c2)ncn3C)cc1.Cn1cnc2cc(-c3ccc(-c4ccccc4)cc3)cc(C(=O)O)c21.Cn1nc2cc(-c3ccc(-c4ccccc4)cc3)cc(C(=O)O)c2n1.O=C(O)c1cc(-c2ccc(-c3ccccc3)cc2)cc2[nH]cnc12. The number of carboxylic acids is 4. The zero-order valence-corrected chi connectivity index (χ0v) is 69.3. The Bertz CT molecular complexity index is 7200. The van der Waals surface area contributed by atoms with Gasteiger partial charge in [-0.2, -0.15) is 15.0 Å². The molecule has 5 aromatic heterocycles. The number of aromatic amines is 1. The van der Waals surface area contributed by atoms with Gasteiger partial charge in [-0.3, -0.25) is 4.79 Å². The van der Waals surface area contributed by atoms with E-state index in [1.54, 1.807) is 73.5 Å². The number of nitrogens with one attached hydrogen (secondary N) is 1. The van der Waals surface area contributed by atoms with Crippen LogP contribution in [0, 0.1) is 13.8 Å². The number of aromatic carboxylic acids is 4. The summed E-state index contributed by atoms with van der Waals surface area (Å²) in [5.74, 6) is -4.33. The molecule has 0 spiro atoms. The maximum absolute atomic E-state index is 11.9. The fraction of sp³-hybridized carbons (Fsp3) is 0.0571. The number of nitrogens with two attached hydrogens (primary N) is 1. The van der Waals surface area contributed by atoms with E-state index < -0.39 is 29.8 Å². The third-order valence-corrected chi connectivity index (χ3v) is 22.1. The maximum atomic E-state index is 11.9. The molecule has 0 saturated carbocycles. The van der Waals surface area contributed by atoms with Crippen molar-refractivity contribution < 1.29 is 44.4 Å². The number of carbonyl (C=O) groups excluding carboxylic acids is 1. The predicted molar refractivity (Wildman–Crippen MR) is 497 cm³/mol. The summed E-state index contributed by atoms with van der Waals surface area (Å²) in [6.45, 7) is 4.20. The molecule has 0 aliphatic heterocycles. The highest BCUT2D eigenvalue weighted by Gasteiger charge is 2.22. The van der Waals surface area contributed by atoms with E-state index in [2.05, 4.69) is 146 Å². The van der Waals surface area contributed by atoms with Crippen LogP contribution in [0.15, 0.2) is 347 Å². The van der Waals surface area contributed by atoms with Gasteiger partial charge in [0.2, 0.25) is 0 Å². The minimum absolute atomic E-state index is 0.160. The molecule has 0 fully saturated rings. The molecule has 20 aromatic rings. The Morgan fingerprint density at radius 2 is 0.548 bits per heavy atom. The first-order chi connectivity index (χ1) is 61.0. The van der Waals surface area contributed by atoms with Crippen molar-refractivity contribution in [2.45, 2.75) is 13.8 Å². The lowest BCUT2D eigenvalue weighted by Crippen LogP contribution is -2.12. The number of imidazole rings is 4. The Kier molecular flexibility index (Phi) is 23.7. The van der Waals surface area contributed by atoms with Crippen LogP contribution in [0.1, 0.15) is 62.9 Å². The number of benzene rings is 15. The van der Waals surface area contributed by atoms with Crippen LogP contribution in [0.5, 0.6) is 0 Å². The fourth-order valence-electron chi connectivity index (χ4n) is 15.7. The molecule has 21 nitrogen and oxygen atoms in total. The van der Waals surface area contributed by atoms with Gasteiger partial charge in [-0.25, -0.2) is 39.1 Å². The van der Waals surface area contributed by atoms with Crippen LogP contribution < -0.4 is 5.73 Å². The number of aryl methyl sites for hydroxylation is 6. The Hall–Kier alpha value is -17.1. The van der Waals surface area contributed by atoms with Crippen LogP contribution in [0.4, 0.5) is 0 Å². The Balaban J connectivity index is 0.000000116. The van der Waals surface area contributed by atoms with Gasteiger partial charge in [0.1, 0.15) is 16.6 Å².